The molecule has 0 N–H and O–H groups in total. The number of carbonyl (C=O) groups excluding carboxylic acids is 1. The lowest BCUT2D eigenvalue weighted by Crippen LogP contribution is -2.21. The predicted molar refractivity (Wildman–Crippen MR) is 93.8 cm³/mol. The van der Waals surface area contributed by atoms with Gasteiger partial charge < -0.3 is 18.9 Å². The number of nitrogens with zero attached hydrogens (tertiary/aromatic N) is 3. The minimum Gasteiger partial charge on any atom is -0.462 e. The van der Waals surface area contributed by atoms with Crippen molar-refractivity contribution in [1.29, 1.82) is 0 Å². The number of benzene rings is 1. The van der Waals surface area contributed by atoms with Crippen molar-refractivity contribution in [3.63, 3.8) is 0 Å². The normalized spacial score (nSPS) is 11.3. The van der Waals surface area contributed by atoms with E-state index in [0.29, 0.717) is 19.8 Å². The summed E-state index contributed by atoms with van der Waals surface area (Å²) in [5.74, 6) is 0.592. The van der Waals surface area contributed by atoms with Crippen molar-refractivity contribution < 1.29 is 14.3 Å². The molecule has 0 aliphatic rings. The monoisotopic (exact) mass is 333 g/mol. The highest BCUT2D eigenvalue weighted by atomic mass is 16.6. The number of rotatable bonds is 10. The van der Waals surface area contributed by atoms with Crippen LogP contribution in [-0.4, -0.2) is 54.3 Å². The first kappa shape index (κ1) is 18.4. The molecule has 132 valence electrons. The molecule has 0 aliphatic heterocycles. The lowest BCUT2D eigenvalue weighted by Gasteiger charge is -2.12. The molecule has 1 aromatic carbocycles. The van der Waals surface area contributed by atoms with E-state index in [1.807, 2.05) is 47.8 Å². The Morgan fingerprint density at radius 1 is 1.21 bits per heavy atom. The molecule has 0 radical (unpaired) electrons. The lowest BCUT2D eigenvalue weighted by atomic mass is 10.3. The van der Waals surface area contributed by atoms with Gasteiger partial charge in [-0.25, -0.2) is 4.98 Å². The minimum atomic E-state index is -0.266. The minimum absolute atomic E-state index is 0.165. The maximum absolute atomic E-state index is 12.1. The molecule has 1 aromatic heterocycles. The Morgan fingerprint density at radius 3 is 2.75 bits per heavy atom. The van der Waals surface area contributed by atoms with Crippen molar-refractivity contribution in [1.82, 2.24) is 14.5 Å². The van der Waals surface area contributed by atoms with E-state index < -0.39 is 0 Å². The molecule has 2 rings (SSSR count). The molecule has 0 amide bonds. The van der Waals surface area contributed by atoms with Crippen LogP contribution in [0.15, 0.2) is 24.3 Å². The first-order valence-corrected chi connectivity index (χ1v) is 8.44. The van der Waals surface area contributed by atoms with Gasteiger partial charge in [0.1, 0.15) is 19.0 Å². The van der Waals surface area contributed by atoms with Gasteiger partial charge in [0.15, 0.2) is 0 Å². The lowest BCUT2D eigenvalue weighted by molar-refractivity contribution is -0.145. The summed E-state index contributed by atoms with van der Waals surface area (Å²) in [4.78, 5) is 18.8. The van der Waals surface area contributed by atoms with Gasteiger partial charge in [-0.1, -0.05) is 25.5 Å². The van der Waals surface area contributed by atoms with E-state index in [2.05, 4.69) is 11.9 Å². The molecule has 0 spiro atoms. The van der Waals surface area contributed by atoms with Crippen molar-refractivity contribution in [2.45, 2.75) is 32.9 Å². The number of para-hydroxylation sites is 2. The zero-order chi connectivity index (χ0) is 17.4. The topological polar surface area (TPSA) is 56.6 Å². The highest BCUT2D eigenvalue weighted by molar-refractivity contribution is 5.78. The summed E-state index contributed by atoms with van der Waals surface area (Å²) in [6, 6.07) is 7.83. The molecule has 1 heterocycles. The molecule has 0 fully saturated rings. The van der Waals surface area contributed by atoms with Gasteiger partial charge in [0.2, 0.25) is 0 Å². The number of hydrogen-bond donors (Lipinski definition) is 0. The summed E-state index contributed by atoms with van der Waals surface area (Å²) in [5, 5.41) is 0. The summed E-state index contributed by atoms with van der Waals surface area (Å²) in [6.07, 6.45) is 2.13. The highest BCUT2D eigenvalue weighted by Gasteiger charge is 2.14. The van der Waals surface area contributed by atoms with E-state index in [1.54, 1.807) is 0 Å². The van der Waals surface area contributed by atoms with Crippen LogP contribution in [0.2, 0.25) is 0 Å². The van der Waals surface area contributed by atoms with E-state index in [0.717, 1.165) is 29.7 Å². The number of aromatic nitrogens is 2. The number of unbranched alkanes of at least 4 members (excludes halogenated alkanes) is 1. The second kappa shape index (κ2) is 9.39. The molecule has 0 bridgehead atoms. The van der Waals surface area contributed by atoms with Gasteiger partial charge in [0, 0.05) is 6.61 Å². The van der Waals surface area contributed by atoms with Gasteiger partial charge >= 0.3 is 5.97 Å². The van der Waals surface area contributed by atoms with Crippen LogP contribution < -0.4 is 0 Å². The van der Waals surface area contributed by atoms with Crippen LogP contribution in [0.4, 0.5) is 0 Å². The molecule has 0 saturated heterocycles. The maximum Gasteiger partial charge on any atom is 0.326 e. The van der Waals surface area contributed by atoms with Gasteiger partial charge in [0.25, 0.3) is 0 Å². The fourth-order valence-electron chi connectivity index (χ4n) is 2.44. The Bertz CT molecular complexity index is 652. The van der Waals surface area contributed by atoms with Gasteiger partial charge in [0.05, 0.1) is 24.2 Å². The SMILES string of the molecule is CCCCOCCOC(=O)Cn1c(CN(C)C)nc2ccccc21. The summed E-state index contributed by atoms with van der Waals surface area (Å²) in [7, 11) is 3.96. The van der Waals surface area contributed by atoms with Gasteiger partial charge in [-0.2, -0.15) is 0 Å². The van der Waals surface area contributed by atoms with E-state index in [1.165, 1.54) is 0 Å². The third kappa shape index (κ3) is 5.32. The Morgan fingerprint density at radius 2 is 2.00 bits per heavy atom. The molecule has 24 heavy (non-hydrogen) atoms. The number of ether oxygens (including phenoxy) is 2. The summed E-state index contributed by atoms with van der Waals surface area (Å²) < 4.78 is 12.6. The van der Waals surface area contributed by atoms with E-state index in [4.69, 9.17) is 9.47 Å². The molecule has 0 aliphatic carbocycles. The molecule has 6 nitrogen and oxygen atoms in total. The second-order valence-corrected chi connectivity index (χ2v) is 6.03. The van der Waals surface area contributed by atoms with Gasteiger partial charge in [-0.05, 0) is 32.6 Å². The first-order chi connectivity index (χ1) is 11.6. The number of carbonyl (C=O) groups is 1. The number of imidazole rings is 1. The Labute approximate surface area is 143 Å². The van der Waals surface area contributed by atoms with Crippen LogP contribution in [0, 0.1) is 0 Å². The largest absolute Gasteiger partial charge is 0.462 e. The summed E-state index contributed by atoms with van der Waals surface area (Å²) in [6.45, 7) is 4.40. The van der Waals surface area contributed by atoms with Crippen LogP contribution in [0.3, 0.4) is 0 Å². The summed E-state index contributed by atoms with van der Waals surface area (Å²) >= 11 is 0. The Balaban J connectivity index is 1.96. The van der Waals surface area contributed by atoms with Crippen molar-refractivity contribution in [2.75, 3.05) is 33.9 Å². The number of fused-ring (bicyclic) bond motifs is 1. The quantitative estimate of drug-likeness (QED) is 0.494. The highest BCUT2D eigenvalue weighted by Crippen LogP contribution is 2.17. The van der Waals surface area contributed by atoms with Crippen LogP contribution >= 0.6 is 0 Å². The smallest absolute Gasteiger partial charge is 0.326 e. The molecule has 0 unspecified atom stereocenters. The van der Waals surface area contributed by atoms with Crippen molar-refractivity contribution in [3.8, 4) is 0 Å². The third-order valence-electron chi connectivity index (χ3n) is 3.61. The Kier molecular flexibility index (Phi) is 7.21. The molecular weight excluding hydrogens is 306 g/mol. The van der Waals surface area contributed by atoms with Crippen LogP contribution in [0.25, 0.3) is 11.0 Å². The summed E-state index contributed by atoms with van der Waals surface area (Å²) in [5.41, 5.74) is 1.84. The van der Waals surface area contributed by atoms with E-state index >= 15 is 0 Å². The molecule has 0 saturated carbocycles. The second-order valence-electron chi connectivity index (χ2n) is 6.03. The fraction of sp³-hybridized carbons (Fsp3) is 0.556. The van der Waals surface area contributed by atoms with Crippen LogP contribution in [0.5, 0.6) is 0 Å². The van der Waals surface area contributed by atoms with Gasteiger partial charge in [-0.3, -0.25) is 4.79 Å². The molecule has 2 aromatic rings. The van der Waals surface area contributed by atoms with Gasteiger partial charge in [-0.15, -0.1) is 0 Å². The standard InChI is InChI=1S/C18H27N3O3/c1-4-5-10-23-11-12-24-18(22)14-21-16-9-7-6-8-15(16)19-17(21)13-20(2)3/h6-9H,4-5,10-14H2,1-3H3. The van der Waals surface area contributed by atoms with E-state index in [9.17, 15) is 4.79 Å². The van der Waals surface area contributed by atoms with Crippen molar-refractivity contribution >= 4 is 17.0 Å². The Hall–Kier alpha value is -1.92. The third-order valence-corrected chi connectivity index (χ3v) is 3.61. The van der Waals surface area contributed by atoms with Crippen LogP contribution in [0.1, 0.15) is 25.6 Å². The average Bonchev–Trinajstić information content (AvgIpc) is 2.87. The zero-order valence-electron chi connectivity index (χ0n) is 14.8. The predicted octanol–water partition coefficient (Wildman–Crippen LogP) is 2.46. The van der Waals surface area contributed by atoms with Crippen molar-refractivity contribution in [3.05, 3.63) is 30.1 Å². The maximum atomic E-state index is 12.1. The molecule has 6 heteroatoms. The fourth-order valence-corrected chi connectivity index (χ4v) is 2.44. The molecule has 0 atom stereocenters. The van der Waals surface area contributed by atoms with E-state index in [-0.39, 0.29) is 19.1 Å². The number of esters is 1. The van der Waals surface area contributed by atoms with Crippen LogP contribution in [-0.2, 0) is 27.4 Å². The zero-order valence-corrected chi connectivity index (χ0v) is 14.8. The molecular formula is C18H27N3O3. The number of hydrogen-bond acceptors (Lipinski definition) is 5. The first-order valence-electron chi connectivity index (χ1n) is 8.44. The average molecular weight is 333 g/mol. The van der Waals surface area contributed by atoms with Crippen molar-refractivity contribution in [2.24, 2.45) is 0 Å².